The minimum Gasteiger partial charge on any atom is -0.348 e. The Bertz CT molecular complexity index is 738. The van der Waals surface area contributed by atoms with Gasteiger partial charge in [0.15, 0.2) is 0 Å². The summed E-state index contributed by atoms with van der Waals surface area (Å²) in [6.45, 7) is 5.18. The SMILES string of the molecule is CCCN1CCC(NC(=O)c2c[nH]c(=O)c3ccccc23)C1. The average Bonchev–Trinajstić information content (AvgIpc) is 2.95. The van der Waals surface area contributed by atoms with Gasteiger partial charge in [0, 0.05) is 36.1 Å². The first-order chi connectivity index (χ1) is 10.7. The Hall–Kier alpha value is -2.14. The van der Waals surface area contributed by atoms with Gasteiger partial charge in [-0.15, -0.1) is 0 Å². The van der Waals surface area contributed by atoms with Gasteiger partial charge in [0.1, 0.15) is 0 Å². The lowest BCUT2D eigenvalue weighted by Gasteiger charge is -2.16. The Morgan fingerprint density at radius 3 is 2.91 bits per heavy atom. The Kier molecular flexibility index (Phi) is 4.24. The molecule has 1 saturated heterocycles. The summed E-state index contributed by atoms with van der Waals surface area (Å²) in [7, 11) is 0. The molecule has 3 rings (SSSR count). The molecule has 5 heteroatoms. The number of H-pyrrole nitrogens is 1. The van der Waals surface area contributed by atoms with Crippen LogP contribution in [0.3, 0.4) is 0 Å². The zero-order valence-corrected chi connectivity index (χ0v) is 12.8. The summed E-state index contributed by atoms with van der Waals surface area (Å²) in [6.07, 6.45) is 3.62. The predicted molar refractivity (Wildman–Crippen MR) is 87.2 cm³/mol. The van der Waals surface area contributed by atoms with Gasteiger partial charge in [0.05, 0.1) is 5.56 Å². The zero-order valence-electron chi connectivity index (χ0n) is 12.8. The molecule has 2 N–H and O–H groups in total. The molecule has 1 fully saturated rings. The van der Waals surface area contributed by atoms with E-state index in [0.717, 1.165) is 32.5 Å². The second-order valence-corrected chi connectivity index (χ2v) is 5.84. The third kappa shape index (κ3) is 2.90. The molecule has 1 amide bonds. The number of amides is 1. The number of likely N-dealkylation sites (tertiary alicyclic amines) is 1. The summed E-state index contributed by atoms with van der Waals surface area (Å²) < 4.78 is 0. The highest BCUT2D eigenvalue weighted by Gasteiger charge is 2.24. The van der Waals surface area contributed by atoms with Crippen molar-refractivity contribution in [2.45, 2.75) is 25.8 Å². The summed E-state index contributed by atoms with van der Waals surface area (Å²) in [5.41, 5.74) is 0.367. The molecular formula is C17H21N3O2. The summed E-state index contributed by atoms with van der Waals surface area (Å²) in [4.78, 5) is 29.4. The molecule has 2 heterocycles. The molecule has 5 nitrogen and oxygen atoms in total. The third-order valence-corrected chi connectivity index (χ3v) is 4.20. The van der Waals surface area contributed by atoms with E-state index in [1.807, 2.05) is 12.1 Å². The van der Waals surface area contributed by atoms with Crippen LogP contribution in [0.5, 0.6) is 0 Å². The molecule has 0 spiro atoms. The van der Waals surface area contributed by atoms with Crippen molar-refractivity contribution in [1.82, 2.24) is 15.2 Å². The molecule has 116 valence electrons. The van der Waals surface area contributed by atoms with Gasteiger partial charge in [-0.2, -0.15) is 0 Å². The normalized spacial score (nSPS) is 18.7. The fraction of sp³-hybridized carbons (Fsp3) is 0.412. The van der Waals surface area contributed by atoms with Crippen LogP contribution in [0.15, 0.2) is 35.3 Å². The summed E-state index contributed by atoms with van der Waals surface area (Å²) in [5, 5.41) is 4.34. The molecule has 1 atom stereocenters. The maximum atomic E-state index is 12.5. The molecule has 0 saturated carbocycles. The minimum atomic E-state index is -0.165. The van der Waals surface area contributed by atoms with E-state index in [1.165, 1.54) is 6.20 Å². The average molecular weight is 299 g/mol. The number of fused-ring (bicyclic) bond motifs is 1. The van der Waals surface area contributed by atoms with Gasteiger partial charge < -0.3 is 15.2 Å². The summed E-state index contributed by atoms with van der Waals surface area (Å²) in [5.74, 6) is -0.115. The van der Waals surface area contributed by atoms with E-state index in [1.54, 1.807) is 12.1 Å². The van der Waals surface area contributed by atoms with E-state index >= 15 is 0 Å². The number of pyridine rings is 1. The highest BCUT2D eigenvalue weighted by atomic mass is 16.2. The van der Waals surface area contributed by atoms with Gasteiger partial charge in [-0.3, -0.25) is 9.59 Å². The second-order valence-electron chi connectivity index (χ2n) is 5.84. The first kappa shape index (κ1) is 14.8. The van der Waals surface area contributed by atoms with Crippen molar-refractivity contribution in [3.05, 3.63) is 46.4 Å². The molecule has 1 aliphatic heterocycles. The number of rotatable bonds is 4. The van der Waals surface area contributed by atoms with Crippen LogP contribution < -0.4 is 10.9 Å². The van der Waals surface area contributed by atoms with Gasteiger partial charge in [0.25, 0.3) is 11.5 Å². The number of aromatic nitrogens is 1. The first-order valence-electron chi connectivity index (χ1n) is 7.82. The van der Waals surface area contributed by atoms with Crippen molar-refractivity contribution >= 4 is 16.7 Å². The van der Waals surface area contributed by atoms with Gasteiger partial charge in [0.2, 0.25) is 0 Å². The lowest BCUT2D eigenvalue weighted by Crippen LogP contribution is -2.37. The van der Waals surface area contributed by atoms with Crippen LogP contribution in [0.4, 0.5) is 0 Å². The minimum absolute atomic E-state index is 0.115. The van der Waals surface area contributed by atoms with E-state index in [9.17, 15) is 9.59 Å². The van der Waals surface area contributed by atoms with Crippen LogP contribution in [0.25, 0.3) is 10.8 Å². The van der Waals surface area contributed by atoms with Gasteiger partial charge >= 0.3 is 0 Å². The smallest absolute Gasteiger partial charge is 0.255 e. The lowest BCUT2D eigenvalue weighted by molar-refractivity contribution is 0.0939. The molecule has 1 aromatic heterocycles. The first-order valence-corrected chi connectivity index (χ1v) is 7.82. The number of carbonyl (C=O) groups is 1. The Morgan fingerprint density at radius 1 is 1.36 bits per heavy atom. The van der Waals surface area contributed by atoms with E-state index in [0.29, 0.717) is 16.3 Å². The number of aromatic amines is 1. The van der Waals surface area contributed by atoms with E-state index in [2.05, 4.69) is 22.1 Å². The molecule has 2 aromatic rings. The Balaban J connectivity index is 1.79. The van der Waals surface area contributed by atoms with Crippen molar-refractivity contribution in [3.63, 3.8) is 0 Å². The number of benzene rings is 1. The third-order valence-electron chi connectivity index (χ3n) is 4.20. The topological polar surface area (TPSA) is 65.2 Å². The van der Waals surface area contributed by atoms with E-state index in [-0.39, 0.29) is 17.5 Å². The lowest BCUT2D eigenvalue weighted by atomic mass is 10.1. The monoisotopic (exact) mass is 299 g/mol. The van der Waals surface area contributed by atoms with E-state index in [4.69, 9.17) is 0 Å². The van der Waals surface area contributed by atoms with Crippen molar-refractivity contribution in [1.29, 1.82) is 0 Å². The molecule has 22 heavy (non-hydrogen) atoms. The molecule has 1 aromatic carbocycles. The number of hydrogen-bond acceptors (Lipinski definition) is 3. The standard InChI is InChI=1S/C17H21N3O2/c1-2-8-20-9-7-12(11-20)19-17(22)15-10-18-16(21)14-6-4-3-5-13(14)15/h3-6,10,12H,2,7-9,11H2,1H3,(H,18,21)(H,19,22). The highest BCUT2D eigenvalue weighted by Crippen LogP contribution is 2.15. The maximum Gasteiger partial charge on any atom is 0.255 e. The van der Waals surface area contributed by atoms with Gasteiger partial charge in [-0.05, 0) is 25.5 Å². The Labute approximate surface area is 129 Å². The van der Waals surface area contributed by atoms with Gasteiger partial charge in [-0.1, -0.05) is 25.1 Å². The van der Waals surface area contributed by atoms with Crippen molar-refractivity contribution in [2.24, 2.45) is 0 Å². The predicted octanol–water partition coefficient (Wildman–Crippen LogP) is 1.74. The molecule has 1 aliphatic rings. The number of hydrogen-bond donors (Lipinski definition) is 2. The number of nitrogens with zero attached hydrogens (tertiary/aromatic N) is 1. The van der Waals surface area contributed by atoms with Crippen LogP contribution in [0.2, 0.25) is 0 Å². The number of carbonyl (C=O) groups excluding carboxylic acids is 1. The summed E-state index contributed by atoms with van der Waals surface area (Å²) >= 11 is 0. The fourth-order valence-corrected chi connectivity index (χ4v) is 3.13. The fourth-order valence-electron chi connectivity index (χ4n) is 3.13. The largest absolute Gasteiger partial charge is 0.348 e. The van der Waals surface area contributed by atoms with Crippen molar-refractivity contribution in [2.75, 3.05) is 19.6 Å². The van der Waals surface area contributed by atoms with Crippen LogP contribution in [0.1, 0.15) is 30.1 Å². The quantitative estimate of drug-likeness (QED) is 0.904. The zero-order chi connectivity index (χ0) is 15.5. The Morgan fingerprint density at radius 2 is 2.14 bits per heavy atom. The molecule has 1 unspecified atom stereocenters. The van der Waals surface area contributed by atoms with Crippen molar-refractivity contribution in [3.8, 4) is 0 Å². The van der Waals surface area contributed by atoms with Gasteiger partial charge in [-0.25, -0.2) is 0 Å². The summed E-state index contributed by atoms with van der Waals surface area (Å²) in [6, 6.07) is 7.39. The molecule has 0 bridgehead atoms. The van der Waals surface area contributed by atoms with Crippen molar-refractivity contribution < 1.29 is 4.79 Å². The molecular weight excluding hydrogens is 278 g/mol. The second kappa shape index (κ2) is 6.32. The van der Waals surface area contributed by atoms with E-state index < -0.39 is 0 Å². The molecule has 0 radical (unpaired) electrons. The van der Waals surface area contributed by atoms with Crippen LogP contribution in [-0.2, 0) is 0 Å². The molecule has 0 aliphatic carbocycles. The van der Waals surface area contributed by atoms with Crippen LogP contribution in [-0.4, -0.2) is 41.5 Å². The maximum absolute atomic E-state index is 12.5. The highest BCUT2D eigenvalue weighted by molar-refractivity contribution is 6.06. The number of nitrogens with one attached hydrogen (secondary N) is 2. The van der Waals surface area contributed by atoms with Crippen LogP contribution in [0, 0.1) is 0 Å². The van der Waals surface area contributed by atoms with Crippen LogP contribution >= 0.6 is 0 Å².